The first-order valence-electron chi connectivity index (χ1n) is 7.84. The fourth-order valence-corrected chi connectivity index (χ4v) is 2.93. The number of phenolic OH excluding ortho intramolecular Hbond substituents is 1. The second kappa shape index (κ2) is 7.20. The Morgan fingerprint density at radius 2 is 1.82 bits per heavy atom. The van der Waals surface area contributed by atoms with Gasteiger partial charge < -0.3 is 10.0 Å². The van der Waals surface area contributed by atoms with Crippen LogP contribution in [0.5, 0.6) is 5.75 Å². The first-order chi connectivity index (χ1) is 10.4. The summed E-state index contributed by atoms with van der Waals surface area (Å²) in [6, 6.07) is 2.42. The Morgan fingerprint density at radius 3 is 2.36 bits per heavy atom. The molecule has 1 heterocycles. The fraction of sp³-hybridized carbons (Fsp3) is 0.588. The molecule has 0 aromatic heterocycles. The lowest BCUT2D eigenvalue weighted by molar-refractivity contribution is 0.101. The van der Waals surface area contributed by atoms with Crippen LogP contribution in [0.25, 0.3) is 0 Å². The molecule has 0 atom stereocenters. The zero-order chi connectivity index (χ0) is 16.3. The number of carbonyl (C=O) groups is 1. The van der Waals surface area contributed by atoms with Crippen molar-refractivity contribution in [2.24, 2.45) is 5.92 Å². The minimum atomic E-state index is -0.476. The van der Waals surface area contributed by atoms with Crippen molar-refractivity contribution >= 4 is 5.78 Å². The highest BCUT2D eigenvalue weighted by Gasteiger charge is 2.20. The second-order valence-corrected chi connectivity index (χ2v) is 6.49. The van der Waals surface area contributed by atoms with Crippen molar-refractivity contribution in [3.8, 4) is 5.75 Å². The zero-order valence-electron chi connectivity index (χ0n) is 13.6. The molecular weight excluding hydrogens is 283 g/mol. The van der Waals surface area contributed by atoms with Crippen LogP contribution in [-0.4, -0.2) is 53.4 Å². The normalized spacial score (nSPS) is 17.1. The number of carbonyl (C=O) groups excluding carboxylic acids is 1. The van der Waals surface area contributed by atoms with E-state index in [2.05, 4.69) is 23.6 Å². The molecule has 22 heavy (non-hydrogen) atoms. The number of halogens is 1. The third-order valence-electron chi connectivity index (χ3n) is 4.02. The minimum absolute atomic E-state index is 0.0634. The van der Waals surface area contributed by atoms with Crippen molar-refractivity contribution in [2.75, 3.05) is 32.7 Å². The molecule has 1 fully saturated rings. The number of rotatable bonds is 5. The summed E-state index contributed by atoms with van der Waals surface area (Å²) < 4.78 is 13.6. The summed E-state index contributed by atoms with van der Waals surface area (Å²) in [5, 5.41) is 10.2. The molecule has 122 valence electrons. The highest BCUT2D eigenvalue weighted by molar-refractivity contribution is 5.97. The Kier molecular flexibility index (Phi) is 5.53. The monoisotopic (exact) mass is 308 g/mol. The van der Waals surface area contributed by atoms with E-state index in [9.17, 15) is 14.3 Å². The maximum atomic E-state index is 13.6. The van der Waals surface area contributed by atoms with Gasteiger partial charge in [-0.25, -0.2) is 4.39 Å². The van der Waals surface area contributed by atoms with Gasteiger partial charge in [-0.1, -0.05) is 13.8 Å². The first kappa shape index (κ1) is 16.9. The van der Waals surface area contributed by atoms with Crippen molar-refractivity contribution < 1.29 is 14.3 Å². The third kappa shape index (κ3) is 4.27. The van der Waals surface area contributed by atoms with Crippen LogP contribution in [0.15, 0.2) is 12.1 Å². The van der Waals surface area contributed by atoms with Crippen molar-refractivity contribution in [2.45, 2.75) is 27.3 Å². The number of Topliss-reactive ketones (excluding diaryl/α,β-unsaturated/α-hetero) is 1. The molecule has 1 aliphatic heterocycles. The number of nitrogens with zero attached hydrogens (tertiary/aromatic N) is 2. The number of piperazine rings is 1. The van der Waals surface area contributed by atoms with Gasteiger partial charge in [0.15, 0.2) is 5.78 Å². The van der Waals surface area contributed by atoms with Gasteiger partial charge in [0, 0.05) is 44.8 Å². The van der Waals surface area contributed by atoms with E-state index in [0.717, 1.165) is 38.8 Å². The molecule has 0 amide bonds. The predicted molar refractivity (Wildman–Crippen MR) is 84.6 cm³/mol. The van der Waals surface area contributed by atoms with E-state index in [0.29, 0.717) is 18.0 Å². The Hall–Kier alpha value is -1.46. The number of phenols is 1. The molecule has 1 aliphatic rings. The highest BCUT2D eigenvalue weighted by atomic mass is 19.1. The molecule has 1 saturated heterocycles. The lowest BCUT2D eigenvalue weighted by Gasteiger charge is -2.35. The lowest BCUT2D eigenvalue weighted by atomic mass is 10.0. The Morgan fingerprint density at radius 1 is 1.23 bits per heavy atom. The maximum Gasteiger partial charge on any atom is 0.163 e. The summed E-state index contributed by atoms with van der Waals surface area (Å²) in [5.74, 6) is -0.230. The maximum absolute atomic E-state index is 13.6. The van der Waals surface area contributed by atoms with Gasteiger partial charge in [0.2, 0.25) is 0 Å². The molecule has 5 heteroatoms. The molecule has 1 aromatic rings. The number of ketones is 1. The largest absolute Gasteiger partial charge is 0.507 e. The molecule has 0 radical (unpaired) electrons. The fourth-order valence-electron chi connectivity index (χ4n) is 2.93. The first-order valence-corrected chi connectivity index (χ1v) is 7.84. The van der Waals surface area contributed by atoms with E-state index < -0.39 is 5.82 Å². The van der Waals surface area contributed by atoms with E-state index in [4.69, 9.17) is 0 Å². The molecule has 4 nitrogen and oxygen atoms in total. The lowest BCUT2D eigenvalue weighted by Crippen LogP contribution is -2.46. The van der Waals surface area contributed by atoms with Crippen LogP contribution < -0.4 is 0 Å². The minimum Gasteiger partial charge on any atom is -0.507 e. The number of hydrogen-bond donors (Lipinski definition) is 1. The number of benzene rings is 1. The summed E-state index contributed by atoms with van der Waals surface area (Å²) in [6.07, 6.45) is 0. The van der Waals surface area contributed by atoms with E-state index >= 15 is 0 Å². The average Bonchev–Trinajstić information content (AvgIpc) is 2.43. The van der Waals surface area contributed by atoms with Gasteiger partial charge in [-0.2, -0.15) is 0 Å². The molecule has 1 aromatic carbocycles. The smallest absolute Gasteiger partial charge is 0.163 e. The number of aromatic hydroxyl groups is 1. The van der Waals surface area contributed by atoms with Crippen molar-refractivity contribution in [1.29, 1.82) is 0 Å². The van der Waals surface area contributed by atoms with Crippen LogP contribution >= 0.6 is 0 Å². The molecule has 0 unspecified atom stereocenters. The predicted octanol–water partition coefficient (Wildman–Crippen LogP) is 2.51. The second-order valence-electron chi connectivity index (χ2n) is 6.49. The van der Waals surface area contributed by atoms with E-state index in [-0.39, 0.29) is 17.1 Å². The standard InChI is InChI=1S/C17H25FN2O2/c1-12(2)10-19-4-6-20(7-5-19)11-14-8-15(18)9-16(13(3)21)17(14)22/h8-9,12,22H,4-7,10-11H2,1-3H3. The third-order valence-corrected chi connectivity index (χ3v) is 4.02. The molecule has 0 saturated carbocycles. The van der Waals surface area contributed by atoms with Crippen LogP contribution in [-0.2, 0) is 6.54 Å². The zero-order valence-corrected chi connectivity index (χ0v) is 13.6. The Bertz CT molecular complexity index is 538. The Balaban J connectivity index is 2.02. The Labute approximate surface area is 131 Å². The van der Waals surface area contributed by atoms with Crippen LogP contribution in [0, 0.1) is 11.7 Å². The van der Waals surface area contributed by atoms with Crippen molar-refractivity contribution in [3.05, 3.63) is 29.1 Å². The number of hydrogen-bond acceptors (Lipinski definition) is 4. The molecule has 0 spiro atoms. The van der Waals surface area contributed by atoms with Gasteiger partial charge in [0.05, 0.1) is 5.56 Å². The summed E-state index contributed by atoms with van der Waals surface area (Å²) in [7, 11) is 0. The highest BCUT2D eigenvalue weighted by Crippen LogP contribution is 2.26. The van der Waals surface area contributed by atoms with Crippen molar-refractivity contribution in [3.63, 3.8) is 0 Å². The van der Waals surface area contributed by atoms with E-state index in [1.54, 1.807) is 0 Å². The molecule has 0 aliphatic carbocycles. The molecule has 0 bridgehead atoms. The summed E-state index contributed by atoms with van der Waals surface area (Å²) >= 11 is 0. The summed E-state index contributed by atoms with van der Waals surface area (Å²) in [6.45, 7) is 11.1. The van der Waals surface area contributed by atoms with Crippen LogP contribution in [0.2, 0.25) is 0 Å². The van der Waals surface area contributed by atoms with Gasteiger partial charge >= 0.3 is 0 Å². The average molecular weight is 308 g/mol. The van der Waals surface area contributed by atoms with Gasteiger partial charge in [-0.3, -0.25) is 9.69 Å². The van der Waals surface area contributed by atoms with Gasteiger partial charge in [-0.05, 0) is 25.0 Å². The molecule has 1 N–H and O–H groups in total. The van der Waals surface area contributed by atoms with Gasteiger partial charge in [0.25, 0.3) is 0 Å². The SMILES string of the molecule is CC(=O)c1cc(F)cc(CN2CCN(CC(C)C)CC2)c1O. The van der Waals surface area contributed by atoms with Gasteiger partial charge in [-0.15, -0.1) is 0 Å². The molecule has 2 rings (SSSR count). The summed E-state index contributed by atoms with van der Waals surface area (Å²) in [4.78, 5) is 16.1. The van der Waals surface area contributed by atoms with Gasteiger partial charge in [0.1, 0.15) is 11.6 Å². The van der Waals surface area contributed by atoms with Crippen LogP contribution in [0.1, 0.15) is 36.7 Å². The summed E-state index contributed by atoms with van der Waals surface area (Å²) in [5.41, 5.74) is 0.552. The van der Waals surface area contributed by atoms with Crippen molar-refractivity contribution in [1.82, 2.24) is 9.80 Å². The topological polar surface area (TPSA) is 43.8 Å². The van der Waals surface area contributed by atoms with E-state index in [1.807, 2.05) is 0 Å². The molecular formula is C17H25FN2O2. The quantitative estimate of drug-likeness (QED) is 0.849. The van der Waals surface area contributed by atoms with Crippen LogP contribution in [0.4, 0.5) is 4.39 Å². The van der Waals surface area contributed by atoms with E-state index in [1.165, 1.54) is 13.0 Å². The van der Waals surface area contributed by atoms with Crippen LogP contribution in [0.3, 0.4) is 0 Å².